The van der Waals surface area contributed by atoms with Crippen molar-refractivity contribution in [2.45, 2.75) is 13.0 Å². The Labute approximate surface area is 110 Å². The average Bonchev–Trinajstić information content (AvgIpc) is 2.87. The van der Waals surface area contributed by atoms with Gasteiger partial charge in [-0.05, 0) is 12.5 Å². The fourth-order valence-electron chi connectivity index (χ4n) is 1.55. The highest BCUT2D eigenvalue weighted by atomic mass is 32.1. The number of hydrogen-bond donors (Lipinski definition) is 1. The molecule has 1 aromatic carbocycles. The van der Waals surface area contributed by atoms with Gasteiger partial charge in [-0.3, -0.25) is 0 Å². The molecule has 4 nitrogen and oxygen atoms in total. The van der Waals surface area contributed by atoms with Crippen LogP contribution in [-0.4, -0.2) is 18.1 Å². The summed E-state index contributed by atoms with van der Waals surface area (Å²) >= 11 is 1.39. The third kappa shape index (κ3) is 2.87. The van der Waals surface area contributed by atoms with Gasteiger partial charge in [0.15, 0.2) is 10.8 Å². The van der Waals surface area contributed by atoms with E-state index in [2.05, 4.69) is 22.0 Å². The van der Waals surface area contributed by atoms with Crippen molar-refractivity contribution in [3.05, 3.63) is 47.0 Å². The summed E-state index contributed by atoms with van der Waals surface area (Å²) in [6.45, 7) is 2.05. The molecule has 0 saturated heterocycles. The molecule has 94 valence electrons. The van der Waals surface area contributed by atoms with E-state index in [1.165, 1.54) is 24.0 Å². The number of nitrogens with one attached hydrogen (secondary N) is 1. The van der Waals surface area contributed by atoms with Crippen molar-refractivity contribution in [1.29, 1.82) is 0 Å². The molecule has 1 N–H and O–H groups in total. The number of rotatable bonds is 4. The number of anilines is 1. The summed E-state index contributed by atoms with van der Waals surface area (Å²) in [5.41, 5.74) is 1.51. The quantitative estimate of drug-likeness (QED) is 0.860. The molecule has 0 spiro atoms. The summed E-state index contributed by atoms with van der Waals surface area (Å²) in [6, 6.07) is 10.2. The van der Waals surface area contributed by atoms with Crippen LogP contribution >= 0.6 is 11.3 Å². The average molecular weight is 262 g/mol. The lowest BCUT2D eigenvalue weighted by Crippen LogP contribution is -2.07. The lowest BCUT2D eigenvalue weighted by Gasteiger charge is -2.12. The molecular weight excluding hydrogens is 248 g/mol. The molecule has 0 aliphatic heterocycles. The predicted octanol–water partition coefficient (Wildman–Crippen LogP) is 3.10. The Morgan fingerprint density at radius 3 is 2.78 bits per heavy atom. The number of aromatic nitrogens is 1. The highest BCUT2D eigenvalue weighted by molar-refractivity contribution is 7.13. The molecule has 2 aromatic rings. The van der Waals surface area contributed by atoms with Crippen molar-refractivity contribution in [3.8, 4) is 0 Å². The van der Waals surface area contributed by atoms with Crippen LogP contribution in [0.1, 0.15) is 29.0 Å². The van der Waals surface area contributed by atoms with Crippen molar-refractivity contribution in [2.75, 3.05) is 12.4 Å². The Hall–Kier alpha value is -1.88. The molecule has 0 radical (unpaired) electrons. The van der Waals surface area contributed by atoms with Gasteiger partial charge >= 0.3 is 5.97 Å². The van der Waals surface area contributed by atoms with Gasteiger partial charge in [0, 0.05) is 5.38 Å². The van der Waals surface area contributed by atoms with Crippen LogP contribution in [0.25, 0.3) is 0 Å². The lowest BCUT2D eigenvalue weighted by molar-refractivity contribution is 0.0595. The number of hydrogen-bond acceptors (Lipinski definition) is 5. The second-order valence-electron chi connectivity index (χ2n) is 3.81. The zero-order valence-electron chi connectivity index (χ0n) is 10.2. The van der Waals surface area contributed by atoms with E-state index in [9.17, 15) is 4.79 Å². The number of ether oxygens (including phenoxy) is 1. The summed E-state index contributed by atoms with van der Waals surface area (Å²) in [6.07, 6.45) is 0. The fraction of sp³-hybridized carbons (Fsp3) is 0.231. The summed E-state index contributed by atoms with van der Waals surface area (Å²) in [5.74, 6) is -0.410. The second-order valence-corrected chi connectivity index (χ2v) is 4.66. The van der Waals surface area contributed by atoms with Crippen LogP contribution in [0.5, 0.6) is 0 Å². The molecule has 0 aliphatic carbocycles. The Kier molecular flexibility index (Phi) is 3.94. The summed E-state index contributed by atoms with van der Waals surface area (Å²) in [5, 5.41) is 5.66. The van der Waals surface area contributed by atoms with Crippen LogP contribution in [0.4, 0.5) is 5.13 Å². The molecule has 1 heterocycles. The Bertz CT molecular complexity index is 525. The number of carbonyl (C=O) groups is 1. The van der Waals surface area contributed by atoms with E-state index in [1.807, 2.05) is 30.3 Å². The van der Waals surface area contributed by atoms with Gasteiger partial charge in [-0.25, -0.2) is 9.78 Å². The van der Waals surface area contributed by atoms with Crippen LogP contribution in [-0.2, 0) is 4.74 Å². The topological polar surface area (TPSA) is 51.2 Å². The van der Waals surface area contributed by atoms with Crippen LogP contribution in [0.2, 0.25) is 0 Å². The van der Waals surface area contributed by atoms with E-state index in [1.54, 1.807) is 5.38 Å². The van der Waals surface area contributed by atoms with Gasteiger partial charge < -0.3 is 10.1 Å². The Balaban J connectivity index is 2.06. The number of esters is 1. The Morgan fingerprint density at radius 1 is 1.39 bits per heavy atom. The van der Waals surface area contributed by atoms with E-state index >= 15 is 0 Å². The smallest absolute Gasteiger partial charge is 0.357 e. The molecule has 0 saturated carbocycles. The number of benzene rings is 1. The van der Waals surface area contributed by atoms with Gasteiger partial charge in [0.1, 0.15) is 0 Å². The minimum Gasteiger partial charge on any atom is -0.464 e. The summed E-state index contributed by atoms with van der Waals surface area (Å²) in [4.78, 5) is 15.5. The van der Waals surface area contributed by atoms with Crippen LogP contribution in [0, 0.1) is 0 Å². The summed E-state index contributed by atoms with van der Waals surface area (Å²) < 4.78 is 4.62. The number of nitrogens with zero attached hydrogens (tertiary/aromatic N) is 1. The predicted molar refractivity (Wildman–Crippen MR) is 71.9 cm³/mol. The van der Waals surface area contributed by atoms with Gasteiger partial charge in [-0.1, -0.05) is 30.3 Å². The van der Waals surface area contributed by atoms with Crippen molar-refractivity contribution < 1.29 is 9.53 Å². The monoisotopic (exact) mass is 262 g/mol. The Morgan fingerprint density at radius 2 is 2.11 bits per heavy atom. The van der Waals surface area contributed by atoms with Gasteiger partial charge in [-0.2, -0.15) is 0 Å². The third-order valence-corrected chi connectivity index (χ3v) is 3.31. The maximum absolute atomic E-state index is 11.3. The maximum Gasteiger partial charge on any atom is 0.357 e. The molecule has 0 amide bonds. The zero-order valence-corrected chi connectivity index (χ0v) is 11.0. The second kappa shape index (κ2) is 5.64. The van der Waals surface area contributed by atoms with E-state index < -0.39 is 5.97 Å². The zero-order chi connectivity index (χ0) is 13.0. The molecule has 2 rings (SSSR count). The van der Waals surface area contributed by atoms with Crippen LogP contribution in [0.3, 0.4) is 0 Å². The van der Waals surface area contributed by atoms with Crippen molar-refractivity contribution in [3.63, 3.8) is 0 Å². The molecule has 1 aromatic heterocycles. The van der Waals surface area contributed by atoms with E-state index in [4.69, 9.17) is 0 Å². The van der Waals surface area contributed by atoms with Crippen molar-refractivity contribution in [1.82, 2.24) is 4.98 Å². The first-order chi connectivity index (χ1) is 8.70. The first-order valence-electron chi connectivity index (χ1n) is 5.56. The van der Waals surface area contributed by atoms with Crippen molar-refractivity contribution in [2.24, 2.45) is 0 Å². The van der Waals surface area contributed by atoms with Gasteiger partial charge in [0.2, 0.25) is 0 Å². The van der Waals surface area contributed by atoms with Crippen molar-refractivity contribution >= 4 is 22.4 Å². The molecule has 18 heavy (non-hydrogen) atoms. The van der Waals surface area contributed by atoms with E-state index in [0.717, 1.165) is 0 Å². The SMILES string of the molecule is COC(=O)c1csc(NC(C)c2ccccc2)n1. The van der Waals surface area contributed by atoms with Crippen LogP contribution in [0.15, 0.2) is 35.7 Å². The first-order valence-corrected chi connectivity index (χ1v) is 6.44. The molecule has 0 fully saturated rings. The number of carbonyl (C=O) groups excluding carboxylic acids is 1. The standard InChI is InChI=1S/C13H14N2O2S/c1-9(10-6-4-3-5-7-10)14-13-15-11(8-18-13)12(16)17-2/h3-9H,1-2H3,(H,14,15). The largest absolute Gasteiger partial charge is 0.464 e. The third-order valence-electron chi connectivity index (χ3n) is 2.54. The molecule has 1 atom stereocenters. The van der Waals surface area contributed by atoms with Gasteiger partial charge in [-0.15, -0.1) is 11.3 Å². The number of methoxy groups -OCH3 is 1. The van der Waals surface area contributed by atoms with Gasteiger partial charge in [0.25, 0.3) is 0 Å². The van der Waals surface area contributed by atoms with E-state index in [0.29, 0.717) is 10.8 Å². The van der Waals surface area contributed by atoms with E-state index in [-0.39, 0.29) is 6.04 Å². The molecule has 0 aliphatic rings. The molecule has 5 heteroatoms. The van der Waals surface area contributed by atoms with Crippen LogP contribution < -0.4 is 5.32 Å². The molecule has 0 bridgehead atoms. The minimum absolute atomic E-state index is 0.142. The first kappa shape index (κ1) is 12.6. The lowest BCUT2D eigenvalue weighted by atomic mass is 10.1. The highest BCUT2D eigenvalue weighted by Gasteiger charge is 2.12. The molecular formula is C13H14N2O2S. The maximum atomic E-state index is 11.3. The number of thiazole rings is 1. The normalized spacial score (nSPS) is 11.9. The fourth-order valence-corrected chi connectivity index (χ4v) is 2.32. The minimum atomic E-state index is -0.410. The highest BCUT2D eigenvalue weighted by Crippen LogP contribution is 2.22. The summed E-state index contributed by atoms with van der Waals surface area (Å²) in [7, 11) is 1.35. The molecule has 1 unspecified atom stereocenters. The van der Waals surface area contributed by atoms with Gasteiger partial charge in [0.05, 0.1) is 13.2 Å².